The summed E-state index contributed by atoms with van der Waals surface area (Å²) in [4.78, 5) is 59.4. The second-order valence-electron chi connectivity index (χ2n) is 8.32. The van der Waals surface area contributed by atoms with Crippen LogP contribution in [0.25, 0.3) is 10.9 Å². The molecule has 0 aliphatic rings. The van der Waals surface area contributed by atoms with Crippen LogP contribution in [0.5, 0.6) is 0 Å². The van der Waals surface area contributed by atoms with E-state index in [2.05, 4.69) is 43.5 Å². The number of thiol groups is 1. The van der Waals surface area contributed by atoms with Gasteiger partial charge in [-0.1, -0.05) is 18.2 Å². The molecule has 4 atom stereocenters. The number of rotatable bonds is 12. The number of carbonyl (C=O) groups excluding carboxylic acids is 3. The fourth-order valence-electron chi connectivity index (χ4n) is 3.58. The zero-order valence-corrected chi connectivity index (χ0v) is 20.4. The van der Waals surface area contributed by atoms with E-state index in [0.717, 1.165) is 16.5 Å². The number of carboxylic acids is 1. The van der Waals surface area contributed by atoms with Gasteiger partial charge in [0.1, 0.15) is 18.1 Å². The van der Waals surface area contributed by atoms with Crippen LogP contribution in [0.3, 0.4) is 0 Å². The van der Waals surface area contributed by atoms with Crippen LogP contribution >= 0.6 is 12.6 Å². The quantitative estimate of drug-likeness (QED) is 0.149. The molecule has 0 radical (unpaired) electrons. The van der Waals surface area contributed by atoms with Gasteiger partial charge in [0.25, 0.3) is 0 Å². The van der Waals surface area contributed by atoms with E-state index in [9.17, 15) is 19.2 Å². The average Bonchev–Trinajstić information content (AvgIpc) is 3.51. The van der Waals surface area contributed by atoms with Crippen molar-refractivity contribution in [2.24, 2.45) is 5.73 Å². The van der Waals surface area contributed by atoms with Gasteiger partial charge < -0.3 is 36.8 Å². The summed E-state index contributed by atoms with van der Waals surface area (Å²) < 4.78 is 0. The Labute approximate surface area is 212 Å². The van der Waals surface area contributed by atoms with Crippen LogP contribution in [0.1, 0.15) is 18.2 Å². The van der Waals surface area contributed by atoms with Crippen molar-refractivity contribution in [2.45, 2.75) is 43.9 Å². The highest BCUT2D eigenvalue weighted by Gasteiger charge is 2.29. The molecular weight excluding hydrogens is 486 g/mol. The molecule has 3 aromatic rings. The molecule has 0 aliphatic heterocycles. The van der Waals surface area contributed by atoms with Crippen LogP contribution in [-0.4, -0.2) is 73.7 Å². The van der Waals surface area contributed by atoms with Crippen molar-refractivity contribution in [3.8, 4) is 0 Å². The molecule has 2 aromatic heterocycles. The lowest BCUT2D eigenvalue weighted by Gasteiger charge is -2.23. The van der Waals surface area contributed by atoms with Gasteiger partial charge in [0, 0.05) is 41.2 Å². The number of imidazole rings is 1. The lowest BCUT2D eigenvalue weighted by atomic mass is 10.0. The number of nitrogens with zero attached hydrogens (tertiary/aromatic N) is 1. The first kappa shape index (κ1) is 26.8. The highest BCUT2D eigenvalue weighted by atomic mass is 32.1. The summed E-state index contributed by atoms with van der Waals surface area (Å²) in [5, 5.41) is 17.4. The number of carbonyl (C=O) groups is 4. The van der Waals surface area contributed by atoms with Crippen LogP contribution in [0.15, 0.2) is 43.0 Å². The SMILES string of the molecule is CC(NC(=O)C(CS)NC(=O)C(Cc1cnc[nH]1)NC(=O)C(N)Cc1c[nH]c2ccccc12)C(=O)O. The third kappa shape index (κ3) is 6.86. The molecule has 13 heteroatoms. The Hall–Kier alpha value is -3.84. The third-order valence-electron chi connectivity index (χ3n) is 5.61. The van der Waals surface area contributed by atoms with Crippen molar-refractivity contribution in [2.75, 3.05) is 5.75 Å². The summed E-state index contributed by atoms with van der Waals surface area (Å²) in [5.74, 6) is -3.23. The Kier molecular flexibility index (Phi) is 9.08. The molecule has 36 heavy (non-hydrogen) atoms. The van der Waals surface area contributed by atoms with Gasteiger partial charge in [-0.2, -0.15) is 12.6 Å². The Balaban J connectivity index is 1.69. The van der Waals surface area contributed by atoms with Gasteiger partial charge in [-0.25, -0.2) is 4.98 Å². The minimum Gasteiger partial charge on any atom is -0.480 e. The number of para-hydroxylation sites is 1. The monoisotopic (exact) mass is 515 g/mol. The van der Waals surface area contributed by atoms with Gasteiger partial charge in [0.15, 0.2) is 0 Å². The number of aliphatic carboxylic acids is 1. The number of aromatic amines is 2. The maximum Gasteiger partial charge on any atom is 0.325 e. The van der Waals surface area contributed by atoms with E-state index < -0.39 is 47.9 Å². The van der Waals surface area contributed by atoms with E-state index >= 15 is 0 Å². The standard InChI is InChI=1S/C23H29N7O5S/c1-12(23(34)35)28-22(33)19(10-36)30-21(32)18(7-14-9-25-11-27-14)29-20(31)16(24)6-13-8-26-17-5-3-2-4-15(13)17/h2-5,8-9,11-12,16,18-19,26,36H,6-7,10,24H2,1H3,(H,25,27)(H,28,33)(H,29,31)(H,30,32)(H,34,35). The Morgan fingerprint density at radius 2 is 1.72 bits per heavy atom. The molecule has 0 bridgehead atoms. The lowest BCUT2D eigenvalue weighted by Crippen LogP contribution is -2.58. The number of carboxylic acid groups (broad SMARTS) is 1. The number of aromatic nitrogens is 3. The van der Waals surface area contributed by atoms with Crippen molar-refractivity contribution in [3.63, 3.8) is 0 Å². The fourth-order valence-corrected chi connectivity index (χ4v) is 3.83. The smallest absolute Gasteiger partial charge is 0.325 e. The predicted octanol–water partition coefficient (Wildman–Crippen LogP) is -0.508. The molecule has 3 rings (SSSR count). The van der Waals surface area contributed by atoms with Crippen LogP contribution in [0, 0.1) is 0 Å². The van der Waals surface area contributed by atoms with Crippen molar-refractivity contribution in [1.82, 2.24) is 30.9 Å². The zero-order chi connectivity index (χ0) is 26.2. The van der Waals surface area contributed by atoms with Crippen molar-refractivity contribution >= 4 is 47.2 Å². The predicted molar refractivity (Wildman–Crippen MR) is 135 cm³/mol. The normalized spacial score (nSPS) is 14.4. The largest absolute Gasteiger partial charge is 0.480 e. The van der Waals surface area contributed by atoms with Gasteiger partial charge >= 0.3 is 5.97 Å². The first-order valence-corrected chi connectivity index (χ1v) is 11.9. The van der Waals surface area contributed by atoms with Crippen molar-refractivity contribution in [3.05, 3.63) is 54.2 Å². The van der Waals surface area contributed by atoms with E-state index in [0.29, 0.717) is 5.69 Å². The molecule has 1 aromatic carbocycles. The van der Waals surface area contributed by atoms with Gasteiger partial charge in [0.2, 0.25) is 17.7 Å². The first-order chi connectivity index (χ1) is 17.2. The number of benzene rings is 1. The number of nitrogens with two attached hydrogens (primary N) is 1. The number of nitrogens with one attached hydrogen (secondary N) is 5. The summed E-state index contributed by atoms with van der Waals surface area (Å²) in [6.45, 7) is 1.30. The van der Waals surface area contributed by atoms with E-state index in [4.69, 9.17) is 10.8 Å². The molecule has 4 unspecified atom stereocenters. The van der Waals surface area contributed by atoms with E-state index in [-0.39, 0.29) is 18.6 Å². The molecule has 8 N–H and O–H groups in total. The number of amides is 3. The van der Waals surface area contributed by atoms with Gasteiger partial charge in [-0.3, -0.25) is 19.2 Å². The topological polar surface area (TPSA) is 195 Å². The Morgan fingerprint density at radius 1 is 1.03 bits per heavy atom. The summed E-state index contributed by atoms with van der Waals surface area (Å²) >= 11 is 4.09. The maximum absolute atomic E-state index is 13.1. The third-order valence-corrected chi connectivity index (χ3v) is 5.97. The van der Waals surface area contributed by atoms with Gasteiger partial charge in [-0.05, 0) is 25.0 Å². The first-order valence-electron chi connectivity index (χ1n) is 11.2. The molecule has 0 fully saturated rings. The molecule has 2 heterocycles. The Bertz CT molecular complexity index is 1210. The van der Waals surface area contributed by atoms with E-state index in [1.165, 1.54) is 19.4 Å². The van der Waals surface area contributed by atoms with Crippen LogP contribution < -0.4 is 21.7 Å². The Morgan fingerprint density at radius 3 is 2.39 bits per heavy atom. The van der Waals surface area contributed by atoms with E-state index in [1.54, 1.807) is 6.20 Å². The minimum atomic E-state index is -1.22. The number of H-pyrrole nitrogens is 2. The number of fused-ring (bicyclic) bond motifs is 1. The molecule has 0 saturated carbocycles. The summed E-state index contributed by atoms with van der Waals surface area (Å²) in [6.07, 6.45) is 5.04. The van der Waals surface area contributed by atoms with Crippen molar-refractivity contribution < 1.29 is 24.3 Å². The van der Waals surface area contributed by atoms with Crippen LogP contribution in [0.4, 0.5) is 0 Å². The maximum atomic E-state index is 13.1. The summed E-state index contributed by atoms with van der Waals surface area (Å²) in [7, 11) is 0. The van der Waals surface area contributed by atoms with Crippen molar-refractivity contribution in [1.29, 1.82) is 0 Å². The lowest BCUT2D eigenvalue weighted by molar-refractivity contribution is -0.141. The van der Waals surface area contributed by atoms with Crippen LogP contribution in [0.2, 0.25) is 0 Å². The van der Waals surface area contributed by atoms with E-state index in [1.807, 2.05) is 24.3 Å². The second-order valence-corrected chi connectivity index (χ2v) is 8.69. The van der Waals surface area contributed by atoms with Crippen LogP contribution in [-0.2, 0) is 32.0 Å². The van der Waals surface area contributed by atoms with Gasteiger partial charge in [-0.15, -0.1) is 0 Å². The minimum absolute atomic E-state index is 0.0593. The van der Waals surface area contributed by atoms with Gasteiger partial charge in [0.05, 0.1) is 12.4 Å². The molecular formula is C23H29N7O5S. The summed E-state index contributed by atoms with van der Waals surface area (Å²) in [6, 6.07) is 3.33. The molecule has 12 nitrogen and oxygen atoms in total. The second kappa shape index (κ2) is 12.2. The number of hydrogen-bond acceptors (Lipinski definition) is 7. The highest BCUT2D eigenvalue weighted by Crippen LogP contribution is 2.18. The summed E-state index contributed by atoms with van der Waals surface area (Å²) in [5.41, 5.74) is 8.53. The zero-order valence-electron chi connectivity index (χ0n) is 19.5. The fraction of sp³-hybridized carbons (Fsp3) is 0.348. The number of hydrogen-bond donors (Lipinski definition) is 8. The average molecular weight is 516 g/mol. The molecule has 192 valence electrons. The molecule has 0 spiro atoms. The molecule has 3 amide bonds. The highest BCUT2D eigenvalue weighted by molar-refractivity contribution is 7.80. The molecule has 0 saturated heterocycles. The molecule has 0 aliphatic carbocycles.